The molecule has 2 fully saturated rings. The molecule has 0 aliphatic carbocycles. The van der Waals surface area contributed by atoms with Gasteiger partial charge in [-0.25, -0.2) is 0 Å². The molecular formula is C20H29N3O3. The Labute approximate surface area is 155 Å². The lowest BCUT2D eigenvalue weighted by Crippen LogP contribution is -2.55. The number of nitrogens with zero attached hydrogens (tertiary/aromatic N) is 3. The second kappa shape index (κ2) is 8.64. The molecule has 26 heavy (non-hydrogen) atoms. The first-order chi connectivity index (χ1) is 12.5. The molecule has 3 rings (SSSR count). The Bertz CT molecular complexity index is 641. The summed E-state index contributed by atoms with van der Waals surface area (Å²) < 4.78 is 0. The molecule has 0 bridgehead atoms. The maximum absolute atomic E-state index is 12.8. The van der Waals surface area contributed by atoms with E-state index in [2.05, 4.69) is 41.0 Å². The first kappa shape index (κ1) is 18.9. The van der Waals surface area contributed by atoms with Gasteiger partial charge in [0.15, 0.2) is 0 Å². The Balaban J connectivity index is 1.57. The van der Waals surface area contributed by atoms with Crippen molar-refractivity contribution in [3.05, 3.63) is 35.4 Å². The number of carboxylic acid groups (broad SMARTS) is 1. The van der Waals surface area contributed by atoms with E-state index < -0.39 is 5.97 Å². The summed E-state index contributed by atoms with van der Waals surface area (Å²) in [7, 11) is 0. The molecule has 1 N–H and O–H groups in total. The maximum Gasteiger partial charge on any atom is 0.323 e. The Kier molecular flexibility index (Phi) is 6.27. The van der Waals surface area contributed by atoms with Crippen LogP contribution in [-0.2, 0) is 16.1 Å². The van der Waals surface area contributed by atoms with Crippen molar-refractivity contribution in [1.29, 1.82) is 0 Å². The molecule has 2 saturated heterocycles. The molecule has 2 aliphatic heterocycles. The van der Waals surface area contributed by atoms with E-state index in [-0.39, 0.29) is 18.5 Å². The predicted molar refractivity (Wildman–Crippen MR) is 99.9 cm³/mol. The molecule has 2 heterocycles. The van der Waals surface area contributed by atoms with E-state index in [9.17, 15) is 9.59 Å². The van der Waals surface area contributed by atoms with Crippen molar-refractivity contribution in [1.82, 2.24) is 14.7 Å². The number of carbonyl (C=O) groups is 2. The largest absolute Gasteiger partial charge is 0.480 e. The molecule has 0 aromatic heterocycles. The van der Waals surface area contributed by atoms with Gasteiger partial charge in [-0.1, -0.05) is 24.3 Å². The first-order valence-corrected chi connectivity index (χ1v) is 9.56. The Morgan fingerprint density at radius 1 is 1.12 bits per heavy atom. The molecule has 1 atom stereocenters. The lowest BCUT2D eigenvalue weighted by molar-refractivity contribution is -0.146. The van der Waals surface area contributed by atoms with Crippen LogP contribution in [0.25, 0.3) is 0 Å². The number of aliphatic carboxylic acids is 1. The average molecular weight is 359 g/mol. The fraction of sp³-hybridized carbons (Fsp3) is 0.600. The first-order valence-electron chi connectivity index (χ1n) is 9.56. The topological polar surface area (TPSA) is 64.1 Å². The number of amides is 1. The summed E-state index contributed by atoms with van der Waals surface area (Å²) in [5.41, 5.74) is 2.68. The summed E-state index contributed by atoms with van der Waals surface area (Å²) in [6, 6.07) is 8.32. The van der Waals surface area contributed by atoms with Crippen molar-refractivity contribution in [2.45, 2.75) is 38.8 Å². The van der Waals surface area contributed by atoms with Crippen LogP contribution in [0.2, 0.25) is 0 Å². The van der Waals surface area contributed by atoms with Gasteiger partial charge in [0.05, 0.1) is 6.04 Å². The van der Waals surface area contributed by atoms with Gasteiger partial charge in [0, 0.05) is 39.3 Å². The third-order valence-electron chi connectivity index (χ3n) is 5.58. The van der Waals surface area contributed by atoms with Crippen molar-refractivity contribution >= 4 is 11.9 Å². The van der Waals surface area contributed by atoms with Crippen molar-refractivity contribution in [3.8, 4) is 0 Å². The Morgan fingerprint density at radius 2 is 1.85 bits per heavy atom. The zero-order valence-corrected chi connectivity index (χ0v) is 15.6. The Morgan fingerprint density at radius 3 is 2.54 bits per heavy atom. The molecule has 0 saturated carbocycles. The van der Waals surface area contributed by atoms with Gasteiger partial charge in [-0.05, 0) is 37.3 Å². The molecule has 0 spiro atoms. The van der Waals surface area contributed by atoms with E-state index in [1.165, 1.54) is 16.0 Å². The Hall–Kier alpha value is -1.92. The SMILES string of the molecule is Cc1ccccc1CN1CCN(C2CCCCN(CC(=O)O)C2=O)CC1. The number of benzene rings is 1. The van der Waals surface area contributed by atoms with Crippen LogP contribution in [0.15, 0.2) is 24.3 Å². The highest BCUT2D eigenvalue weighted by Gasteiger charge is 2.34. The van der Waals surface area contributed by atoms with Crippen LogP contribution in [0, 0.1) is 6.92 Å². The predicted octanol–water partition coefficient (Wildman–Crippen LogP) is 1.58. The van der Waals surface area contributed by atoms with Crippen molar-refractivity contribution in [2.24, 2.45) is 0 Å². The minimum absolute atomic E-state index is 0.00254. The van der Waals surface area contributed by atoms with Gasteiger partial charge in [0.2, 0.25) is 5.91 Å². The number of carboxylic acids is 1. The van der Waals surface area contributed by atoms with Crippen LogP contribution < -0.4 is 0 Å². The van der Waals surface area contributed by atoms with Gasteiger partial charge in [0.25, 0.3) is 0 Å². The fourth-order valence-corrected chi connectivity index (χ4v) is 4.01. The number of carbonyl (C=O) groups excluding carboxylic acids is 1. The molecule has 1 unspecified atom stereocenters. The number of piperazine rings is 1. The van der Waals surface area contributed by atoms with Gasteiger partial charge in [0.1, 0.15) is 6.54 Å². The summed E-state index contributed by atoms with van der Waals surface area (Å²) >= 11 is 0. The van der Waals surface area contributed by atoms with Crippen LogP contribution >= 0.6 is 0 Å². The van der Waals surface area contributed by atoms with Crippen LogP contribution in [0.5, 0.6) is 0 Å². The molecule has 6 heteroatoms. The lowest BCUT2D eigenvalue weighted by Gasteiger charge is -2.39. The third kappa shape index (κ3) is 4.62. The van der Waals surface area contributed by atoms with Gasteiger partial charge in [-0.2, -0.15) is 0 Å². The molecule has 1 amide bonds. The number of hydrogen-bond acceptors (Lipinski definition) is 4. The third-order valence-corrected chi connectivity index (χ3v) is 5.58. The van der Waals surface area contributed by atoms with Gasteiger partial charge in [-0.15, -0.1) is 0 Å². The molecule has 0 radical (unpaired) electrons. The van der Waals surface area contributed by atoms with E-state index in [1.807, 2.05) is 0 Å². The minimum atomic E-state index is -0.929. The summed E-state index contributed by atoms with van der Waals surface area (Å²) in [6.45, 7) is 7.09. The zero-order chi connectivity index (χ0) is 18.5. The van der Waals surface area contributed by atoms with Gasteiger partial charge >= 0.3 is 5.97 Å². The van der Waals surface area contributed by atoms with E-state index in [0.717, 1.165) is 52.0 Å². The average Bonchev–Trinajstić information content (AvgIpc) is 2.79. The van der Waals surface area contributed by atoms with Crippen LogP contribution in [0.1, 0.15) is 30.4 Å². The summed E-state index contributed by atoms with van der Waals surface area (Å²) in [5, 5.41) is 9.06. The summed E-state index contributed by atoms with van der Waals surface area (Å²) in [6.07, 6.45) is 2.71. The second-order valence-corrected chi connectivity index (χ2v) is 7.40. The highest BCUT2D eigenvalue weighted by atomic mass is 16.4. The van der Waals surface area contributed by atoms with Crippen molar-refractivity contribution in [2.75, 3.05) is 39.3 Å². The normalized spacial score (nSPS) is 23.0. The van der Waals surface area contributed by atoms with Crippen molar-refractivity contribution in [3.63, 3.8) is 0 Å². The number of rotatable bonds is 5. The smallest absolute Gasteiger partial charge is 0.323 e. The molecule has 142 valence electrons. The van der Waals surface area contributed by atoms with Gasteiger partial charge in [-0.3, -0.25) is 19.4 Å². The maximum atomic E-state index is 12.8. The zero-order valence-electron chi connectivity index (χ0n) is 15.6. The monoisotopic (exact) mass is 359 g/mol. The quantitative estimate of drug-likeness (QED) is 0.865. The van der Waals surface area contributed by atoms with E-state index in [1.54, 1.807) is 0 Å². The fourth-order valence-electron chi connectivity index (χ4n) is 4.01. The lowest BCUT2D eigenvalue weighted by atomic mass is 10.1. The number of aryl methyl sites for hydroxylation is 1. The van der Waals surface area contributed by atoms with E-state index in [4.69, 9.17) is 5.11 Å². The second-order valence-electron chi connectivity index (χ2n) is 7.40. The van der Waals surface area contributed by atoms with Crippen LogP contribution in [0.3, 0.4) is 0 Å². The van der Waals surface area contributed by atoms with Crippen LogP contribution in [-0.4, -0.2) is 77.0 Å². The molecule has 1 aromatic rings. The summed E-state index contributed by atoms with van der Waals surface area (Å²) in [4.78, 5) is 30.1. The molecule has 6 nitrogen and oxygen atoms in total. The van der Waals surface area contributed by atoms with Gasteiger partial charge < -0.3 is 10.0 Å². The highest BCUT2D eigenvalue weighted by Crippen LogP contribution is 2.20. The van der Waals surface area contributed by atoms with E-state index >= 15 is 0 Å². The van der Waals surface area contributed by atoms with Crippen molar-refractivity contribution < 1.29 is 14.7 Å². The standard InChI is InChI=1S/C20H29N3O3/c1-16-6-2-3-7-17(16)14-21-10-12-22(13-11-21)18-8-4-5-9-23(20(18)26)15-19(24)25/h2-3,6-7,18H,4-5,8-15H2,1H3,(H,24,25). The highest BCUT2D eigenvalue weighted by molar-refractivity contribution is 5.85. The van der Waals surface area contributed by atoms with E-state index in [0.29, 0.717) is 6.54 Å². The number of hydrogen-bond donors (Lipinski definition) is 1. The molecule has 2 aliphatic rings. The van der Waals surface area contributed by atoms with Crippen LogP contribution in [0.4, 0.5) is 0 Å². The number of likely N-dealkylation sites (tertiary alicyclic amines) is 1. The molecule has 1 aromatic carbocycles. The minimum Gasteiger partial charge on any atom is -0.480 e. The summed E-state index contributed by atoms with van der Waals surface area (Å²) in [5.74, 6) is -0.931. The molecular weight excluding hydrogens is 330 g/mol.